The molecule has 0 aliphatic carbocycles. The van der Waals surface area contributed by atoms with E-state index in [0.29, 0.717) is 6.04 Å². The Morgan fingerprint density at radius 1 is 1.05 bits per heavy atom. The zero-order valence-electron chi connectivity index (χ0n) is 13.0. The van der Waals surface area contributed by atoms with Crippen molar-refractivity contribution in [3.63, 3.8) is 0 Å². The highest BCUT2D eigenvalue weighted by molar-refractivity contribution is 7.12. The summed E-state index contributed by atoms with van der Waals surface area (Å²) < 4.78 is 0. The predicted molar refractivity (Wildman–Crippen MR) is 89.7 cm³/mol. The van der Waals surface area contributed by atoms with Gasteiger partial charge in [0.2, 0.25) is 0 Å². The Balaban J connectivity index is 2.18. The van der Waals surface area contributed by atoms with Gasteiger partial charge in [0.25, 0.3) is 0 Å². The number of rotatable bonds is 6. The molecule has 108 valence electrons. The van der Waals surface area contributed by atoms with E-state index in [2.05, 4.69) is 63.3 Å². The molecule has 0 fully saturated rings. The lowest BCUT2D eigenvalue weighted by atomic mass is 10.0. The first-order valence-electron chi connectivity index (χ1n) is 7.45. The summed E-state index contributed by atoms with van der Waals surface area (Å²) in [5.74, 6) is 0. The molecule has 2 rings (SSSR count). The molecule has 0 bridgehead atoms. The number of aryl methyl sites for hydroxylation is 3. The topological polar surface area (TPSA) is 12.0 Å². The Kier molecular flexibility index (Phi) is 5.38. The second-order valence-corrected chi connectivity index (χ2v) is 6.97. The van der Waals surface area contributed by atoms with Crippen LogP contribution in [0.3, 0.4) is 0 Å². The van der Waals surface area contributed by atoms with Gasteiger partial charge in [-0.25, -0.2) is 0 Å². The molecule has 0 saturated heterocycles. The van der Waals surface area contributed by atoms with Gasteiger partial charge < -0.3 is 5.32 Å². The van der Waals surface area contributed by atoms with Crippen LogP contribution in [0, 0.1) is 20.8 Å². The van der Waals surface area contributed by atoms with Crippen molar-refractivity contribution in [2.75, 3.05) is 6.54 Å². The van der Waals surface area contributed by atoms with Crippen molar-refractivity contribution < 1.29 is 0 Å². The van der Waals surface area contributed by atoms with E-state index in [0.717, 1.165) is 13.0 Å². The average Bonchev–Trinajstić information content (AvgIpc) is 2.80. The highest BCUT2D eigenvalue weighted by atomic mass is 32.1. The summed E-state index contributed by atoms with van der Waals surface area (Å²) in [5, 5.41) is 3.70. The average molecular weight is 287 g/mol. The third-order valence-electron chi connectivity index (χ3n) is 3.47. The third-order valence-corrected chi connectivity index (χ3v) is 4.58. The van der Waals surface area contributed by atoms with Crippen LogP contribution in [0.15, 0.2) is 30.3 Å². The molecule has 0 spiro atoms. The molecule has 1 N–H and O–H groups in total. The summed E-state index contributed by atoms with van der Waals surface area (Å²) in [4.78, 5) is 2.85. The molecule has 1 atom stereocenters. The minimum Gasteiger partial charge on any atom is -0.309 e. The van der Waals surface area contributed by atoms with E-state index in [4.69, 9.17) is 0 Å². The molecule has 0 aliphatic rings. The standard InChI is InChI=1S/C18H25NS/c1-5-8-19-17(18-7-6-15(4)20-18)12-16-10-13(2)9-14(3)11-16/h6-7,9-11,17,19H,5,8,12H2,1-4H3. The van der Waals surface area contributed by atoms with Crippen molar-refractivity contribution in [2.24, 2.45) is 0 Å². The van der Waals surface area contributed by atoms with Crippen LogP contribution in [0.5, 0.6) is 0 Å². The van der Waals surface area contributed by atoms with Crippen molar-refractivity contribution in [3.05, 3.63) is 56.8 Å². The first kappa shape index (κ1) is 15.3. The fourth-order valence-corrected chi connectivity index (χ4v) is 3.61. The minimum atomic E-state index is 0.440. The van der Waals surface area contributed by atoms with Crippen LogP contribution in [0.4, 0.5) is 0 Å². The molecular formula is C18H25NS. The van der Waals surface area contributed by atoms with Gasteiger partial charge in [0.1, 0.15) is 0 Å². The lowest BCUT2D eigenvalue weighted by Crippen LogP contribution is -2.23. The van der Waals surface area contributed by atoms with Gasteiger partial charge in [-0.2, -0.15) is 0 Å². The molecule has 1 heterocycles. The van der Waals surface area contributed by atoms with Gasteiger partial charge in [-0.05, 0) is 57.9 Å². The first-order valence-corrected chi connectivity index (χ1v) is 8.27. The monoisotopic (exact) mass is 287 g/mol. The normalized spacial score (nSPS) is 12.6. The van der Waals surface area contributed by atoms with Crippen LogP contribution in [0.2, 0.25) is 0 Å². The highest BCUT2D eigenvalue weighted by Gasteiger charge is 2.13. The SMILES string of the molecule is CCCNC(Cc1cc(C)cc(C)c1)c1ccc(C)s1. The Labute approximate surface area is 127 Å². The van der Waals surface area contributed by atoms with Crippen LogP contribution in [-0.4, -0.2) is 6.54 Å². The van der Waals surface area contributed by atoms with Crippen LogP contribution < -0.4 is 5.32 Å². The molecule has 0 saturated carbocycles. The third kappa shape index (κ3) is 4.19. The number of hydrogen-bond acceptors (Lipinski definition) is 2. The molecule has 2 heteroatoms. The second-order valence-electron chi connectivity index (χ2n) is 5.66. The molecule has 0 radical (unpaired) electrons. The molecule has 20 heavy (non-hydrogen) atoms. The van der Waals surface area contributed by atoms with Crippen LogP contribution in [0.25, 0.3) is 0 Å². The van der Waals surface area contributed by atoms with Crippen molar-refractivity contribution in [1.29, 1.82) is 0 Å². The van der Waals surface area contributed by atoms with E-state index < -0.39 is 0 Å². The fourth-order valence-electron chi connectivity index (χ4n) is 2.66. The van der Waals surface area contributed by atoms with Crippen molar-refractivity contribution in [1.82, 2.24) is 5.32 Å². The van der Waals surface area contributed by atoms with Crippen molar-refractivity contribution in [3.8, 4) is 0 Å². The molecule has 0 aliphatic heterocycles. The van der Waals surface area contributed by atoms with Crippen LogP contribution >= 0.6 is 11.3 Å². The van der Waals surface area contributed by atoms with E-state index >= 15 is 0 Å². The lowest BCUT2D eigenvalue weighted by Gasteiger charge is -2.18. The van der Waals surface area contributed by atoms with E-state index in [1.165, 1.54) is 32.9 Å². The number of thiophene rings is 1. The van der Waals surface area contributed by atoms with E-state index in [9.17, 15) is 0 Å². The molecule has 1 unspecified atom stereocenters. The maximum absolute atomic E-state index is 3.70. The van der Waals surface area contributed by atoms with Gasteiger partial charge in [-0.1, -0.05) is 36.2 Å². The molecular weight excluding hydrogens is 262 g/mol. The summed E-state index contributed by atoms with van der Waals surface area (Å²) in [6, 6.07) is 11.8. The molecule has 1 nitrogen and oxygen atoms in total. The fraction of sp³-hybridized carbons (Fsp3) is 0.444. The van der Waals surface area contributed by atoms with Gasteiger partial charge in [-0.3, -0.25) is 0 Å². The van der Waals surface area contributed by atoms with E-state index in [-0.39, 0.29) is 0 Å². The van der Waals surface area contributed by atoms with Gasteiger partial charge >= 0.3 is 0 Å². The summed E-state index contributed by atoms with van der Waals surface area (Å²) in [6.45, 7) is 9.84. The maximum Gasteiger partial charge on any atom is 0.0455 e. The predicted octanol–water partition coefficient (Wildman–Crippen LogP) is 4.96. The van der Waals surface area contributed by atoms with Gasteiger partial charge in [0, 0.05) is 15.8 Å². The number of benzene rings is 1. The number of nitrogens with one attached hydrogen (secondary N) is 1. The zero-order valence-corrected chi connectivity index (χ0v) is 13.8. The summed E-state index contributed by atoms with van der Waals surface area (Å²) in [7, 11) is 0. The van der Waals surface area contributed by atoms with Crippen molar-refractivity contribution >= 4 is 11.3 Å². The largest absolute Gasteiger partial charge is 0.309 e. The molecule has 0 amide bonds. The number of hydrogen-bond donors (Lipinski definition) is 1. The maximum atomic E-state index is 3.70. The summed E-state index contributed by atoms with van der Waals surface area (Å²) >= 11 is 1.91. The Bertz CT molecular complexity index is 536. The zero-order chi connectivity index (χ0) is 14.5. The van der Waals surface area contributed by atoms with E-state index in [1.54, 1.807) is 0 Å². The Morgan fingerprint density at radius 3 is 2.30 bits per heavy atom. The first-order chi connectivity index (χ1) is 9.58. The summed E-state index contributed by atoms with van der Waals surface area (Å²) in [5.41, 5.74) is 4.15. The minimum absolute atomic E-state index is 0.440. The van der Waals surface area contributed by atoms with Gasteiger partial charge in [0.15, 0.2) is 0 Å². The molecule has 1 aromatic heterocycles. The Hall–Kier alpha value is -1.12. The van der Waals surface area contributed by atoms with Crippen LogP contribution in [-0.2, 0) is 6.42 Å². The molecule has 1 aromatic carbocycles. The smallest absolute Gasteiger partial charge is 0.0455 e. The lowest BCUT2D eigenvalue weighted by molar-refractivity contribution is 0.536. The van der Waals surface area contributed by atoms with Gasteiger partial charge in [-0.15, -0.1) is 11.3 Å². The Morgan fingerprint density at radius 2 is 1.75 bits per heavy atom. The second kappa shape index (κ2) is 7.05. The van der Waals surface area contributed by atoms with Gasteiger partial charge in [0.05, 0.1) is 0 Å². The van der Waals surface area contributed by atoms with Crippen molar-refractivity contribution in [2.45, 2.75) is 46.6 Å². The quantitative estimate of drug-likeness (QED) is 0.792. The summed E-state index contributed by atoms with van der Waals surface area (Å²) in [6.07, 6.45) is 2.25. The highest BCUT2D eigenvalue weighted by Crippen LogP contribution is 2.26. The van der Waals surface area contributed by atoms with E-state index in [1.807, 2.05) is 11.3 Å². The van der Waals surface area contributed by atoms with Crippen LogP contribution in [0.1, 0.15) is 45.8 Å². The molecule has 2 aromatic rings.